The van der Waals surface area contributed by atoms with Crippen LogP contribution in [0.3, 0.4) is 0 Å². The molecule has 2 heterocycles. The number of ether oxygens (including phenoxy) is 2. The van der Waals surface area contributed by atoms with Crippen molar-refractivity contribution in [2.75, 3.05) is 7.11 Å². The number of oxime groups is 1. The quantitative estimate of drug-likeness (QED) is 0.162. The van der Waals surface area contributed by atoms with Crippen LogP contribution < -0.4 is 5.32 Å². The lowest BCUT2D eigenvalue weighted by Crippen LogP contribution is -2.30. The summed E-state index contributed by atoms with van der Waals surface area (Å²) in [5, 5.41) is 37.0. The third kappa shape index (κ3) is 6.75. The number of cyclic esters (lactones) is 1. The van der Waals surface area contributed by atoms with Crippen LogP contribution in [0.15, 0.2) is 53.9 Å². The Hall–Kier alpha value is -3.47. The van der Waals surface area contributed by atoms with E-state index in [1.165, 1.54) is 49.9 Å². The first-order valence-corrected chi connectivity index (χ1v) is 10.3. The number of epoxide rings is 1. The molecule has 5 atom stereocenters. The molecule has 1 saturated heterocycles. The molecule has 0 spiro atoms. The maximum atomic E-state index is 12.8. The van der Waals surface area contributed by atoms with Crippen LogP contribution in [-0.2, 0) is 19.1 Å². The number of phenols is 1. The lowest BCUT2D eigenvalue weighted by Gasteiger charge is -2.20. The summed E-state index contributed by atoms with van der Waals surface area (Å²) in [7, 11) is 1.38. The number of carbonyl (C=O) groups excluding carboxylic acids is 2. The number of fused-ring (bicyclic) bond motifs is 2. The zero-order valence-corrected chi connectivity index (χ0v) is 17.9. The van der Waals surface area contributed by atoms with E-state index in [4.69, 9.17) is 9.47 Å². The third-order valence-corrected chi connectivity index (χ3v) is 5.05. The van der Waals surface area contributed by atoms with Gasteiger partial charge in [0.2, 0.25) is 5.91 Å². The number of carbonyl (C=O) groups is 2. The zero-order chi connectivity index (χ0) is 23.8. The molecular weight excluding hydrogens is 432 g/mol. The second-order valence-electron chi connectivity index (χ2n) is 7.43. The molecular formula is C23H26N2O8. The summed E-state index contributed by atoms with van der Waals surface area (Å²) in [4.78, 5) is 29.0. The number of hydrogen-bond acceptors (Lipinski definition) is 9. The van der Waals surface area contributed by atoms with Gasteiger partial charge in [0.25, 0.3) is 0 Å². The summed E-state index contributed by atoms with van der Waals surface area (Å²) in [6, 6.07) is 4.55. The normalized spacial score (nSPS) is 27.5. The minimum atomic E-state index is -0.981. The molecule has 0 radical (unpaired) electrons. The van der Waals surface area contributed by atoms with Crippen LogP contribution in [0.1, 0.15) is 28.8 Å². The van der Waals surface area contributed by atoms with Crippen molar-refractivity contribution in [1.82, 2.24) is 5.32 Å². The first-order valence-electron chi connectivity index (χ1n) is 10.3. The number of aliphatic hydroxyl groups excluding tert-OH is 2. The van der Waals surface area contributed by atoms with Crippen LogP contribution in [0.25, 0.3) is 6.08 Å². The van der Waals surface area contributed by atoms with E-state index in [1.54, 1.807) is 18.2 Å². The van der Waals surface area contributed by atoms with Gasteiger partial charge in [0.15, 0.2) is 0 Å². The standard InChI is InChI=1S/C23H26N2O8/c1-31-25-12-4-8-19(29)24-11-3-6-15-13-18(28)22-21(33-22)17(27)10-9-14-5-2-7-16(26)20(14)23(30)32-15/h2-5,7-12,15,17-18,21-22,26-28H,6,13H2,1H3,(H,24,29)/b8-4-,10-9?,11-3+,25-12+/t15-,17-,18+,21+,22-/m0/s1. The Morgan fingerprint density at radius 2 is 2.15 bits per heavy atom. The smallest absolute Gasteiger partial charge is 0.342 e. The van der Waals surface area contributed by atoms with Gasteiger partial charge in [-0.15, -0.1) is 0 Å². The van der Waals surface area contributed by atoms with Crippen molar-refractivity contribution in [1.29, 1.82) is 0 Å². The number of amides is 1. The molecule has 0 aliphatic carbocycles. The van der Waals surface area contributed by atoms with E-state index in [0.717, 1.165) is 0 Å². The highest BCUT2D eigenvalue weighted by atomic mass is 16.6. The topological polar surface area (TPSA) is 150 Å². The van der Waals surface area contributed by atoms with Gasteiger partial charge in [0, 0.05) is 25.1 Å². The van der Waals surface area contributed by atoms with Crippen molar-refractivity contribution in [2.24, 2.45) is 5.16 Å². The van der Waals surface area contributed by atoms with Crippen LogP contribution in [-0.4, -0.2) is 71.0 Å². The molecule has 4 N–H and O–H groups in total. The van der Waals surface area contributed by atoms with Crippen LogP contribution in [0.4, 0.5) is 0 Å². The van der Waals surface area contributed by atoms with Gasteiger partial charge in [-0.3, -0.25) is 4.79 Å². The molecule has 0 bridgehead atoms. The van der Waals surface area contributed by atoms with Gasteiger partial charge >= 0.3 is 5.97 Å². The molecule has 10 heteroatoms. The van der Waals surface area contributed by atoms with Crippen molar-refractivity contribution >= 4 is 24.2 Å². The van der Waals surface area contributed by atoms with Crippen molar-refractivity contribution in [2.45, 2.75) is 43.4 Å². The van der Waals surface area contributed by atoms with Crippen LogP contribution >= 0.6 is 0 Å². The lowest BCUT2D eigenvalue weighted by atomic mass is 10.00. The predicted molar refractivity (Wildman–Crippen MR) is 118 cm³/mol. The molecule has 2 aliphatic heterocycles. The number of aromatic hydroxyl groups is 1. The molecule has 0 saturated carbocycles. The number of esters is 1. The van der Waals surface area contributed by atoms with E-state index in [1.807, 2.05) is 0 Å². The van der Waals surface area contributed by atoms with E-state index in [2.05, 4.69) is 15.3 Å². The van der Waals surface area contributed by atoms with Crippen molar-refractivity contribution in [3.05, 3.63) is 59.8 Å². The monoisotopic (exact) mass is 458 g/mol. The zero-order valence-electron chi connectivity index (χ0n) is 17.9. The fourth-order valence-corrected chi connectivity index (χ4v) is 3.39. The van der Waals surface area contributed by atoms with Crippen LogP contribution in [0.5, 0.6) is 5.75 Å². The number of benzene rings is 1. The molecule has 2 aliphatic rings. The van der Waals surface area contributed by atoms with Gasteiger partial charge in [-0.1, -0.05) is 35.5 Å². The molecule has 0 aromatic heterocycles. The minimum absolute atomic E-state index is 0.0396. The number of phenolic OH excluding ortho intramolecular Hbond substituents is 1. The summed E-state index contributed by atoms with van der Waals surface area (Å²) in [5.41, 5.74) is 0.331. The second kappa shape index (κ2) is 11.4. The first-order chi connectivity index (χ1) is 15.9. The number of allylic oxidation sites excluding steroid dienone is 1. The van der Waals surface area contributed by atoms with Crippen molar-refractivity contribution < 1.29 is 39.2 Å². The highest BCUT2D eigenvalue weighted by Crippen LogP contribution is 2.33. The fraction of sp³-hybridized carbons (Fsp3) is 0.348. The van der Waals surface area contributed by atoms with Crippen molar-refractivity contribution in [3.8, 4) is 5.75 Å². The largest absolute Gasteiger partial charge is 0.507 e. The third-order valence-electron chi connectivity index (χ3n) is 5.05. The fourth-order valence-electron chi connectivity index (χ4n) is 3.39. The number of rotatable bonds is 6. The summed E-state index contributed by atoms with van der Waals surface area (Å²) >= 11 is 0. The summed E-state index contributed by atoms with van der Waals surface area (Å²) in [6.45, 7) is 0. The first kappa shape index (κ1) is 24.2. The van der Waals surface area contributed by atoms with E-state index >= 15 is 0 Å². The summed E-state index contributed by atoms with van der Waals surface area (Å²) in [5.74, 6) is -1.44. The van der Waals surface area contributed by atoms with E-state index < -0.39 is 42.4 Å². The van der Waals surface area contributed by atoms with Crippen LogP contribution in [0.2, 0.25) is 0 Å². The maximum Gasteiger partial charge on any atom is 0.342 e. The lowest BCUT2D eigenvalue weighted by molar-refractivity contribution is -0.115. The minimum Gasteiger partial charge on any atom is -0.507 e. The van der Waals surface area contributed by atoms with Gasteiger partial charge in [0.1, 0.15) is 42.8 Å². The highest BCUT2D eigenvalue weighted by Gasteiger charge is 2.48. The van der Waals surface area contributed by atoms with Gasteiger partial charge in [-0.05, 0) is 17.7 Å². The van der Waals surface area contributed by atoms with Gasteiger partial charge < -0.3 is 34.9 Å². The molecule has 0 unspecified atom stereocenters. The molecule has 10 nitrogen and oxygen atoms in total. The molecule has 1 aromatic carbocycles. The molecule has 176 valence electrons. The second-order valence-corrected chi connectivity index (χ2v) is 7.43. The number of nitrogens with one attached hydrogen (secondary N) is 1. The Labute approximate surface area is 190 Å². The highest BCUT2D eigenvalue weighted by molar-refractivity contribution is 5.96. The number of hydrogen-bond donors (Lipinski definition) is 4. The average Bonchev–Trinajstić information content (AvgIpc) is 3.58. The van der Waals surface area contributed by atoms with E-state index in [0.29, 0.717) is 5.56 Å². The van der Waals surface area contributed by atoms with Gasteiger partial charge in [0.05, 0.1) is 12.3 Å². The predicted octanol–water partition coefficient (Wildman–Crippen LogP) is 1.03. The number of nitrogens with zero attached hydrogens (tertiary/aromatic N) is 1. The summed E-state index contributed by atoms with van der Waals surface area (Å²) < 4.78 is 11.0. The van der Waals surface area contributed by atoms with Crippen LogP contribution in [0, 0.1) is 0 Å². The molecule has 3 rings (SSSR count). The van der Waals surface area contributed by atoms with Gasteiger partial charge in [-0.25, -0.2) is 4.79 Å². The Morgan fingerprint density at radius 3 is 2.94 bits per heavy atom. The Kier molecular flexibility index (Phi) is 8.36. The average molecular weight is 458 g/mol. The van der Waals surface area contributed by atoms with Gasteiger partial charge in [-0.2, -0.15) is 0 Å². The van der Waals surface area contributed by atoms with E-state index in [9.17, 15) is 24.9 Å². The molecule has 33 heavy (non-hydrogen) atoms. The van der Waals surface area contributed by atoms with Crippen molar-refractivity contribution in [3.63, 3.8) is 0 Å². The Morgan fingerprint density at radius 1 is 1.33 bits per heavy atom. The molecule has 1 amide bonds. The Balaban J connectivity index is 1.72. The number of aliphatic hydroxyl groups is 2. The SMILES string of the molecule is CO/N=C/C=C\C(=O)N/C=C/C[C@H]1C[C@@H](O)[C@@H]2O[C@@H]2[C@@H](O)C=Cc2cccc(O)c2C(=O)O1. The molecule has 1 aromatic rings. The summed E-state index contributed by atoms with van der Waals surface area (Å²) in [6.07, 6.45) is 6.20. The van der Waals surface area contributed by atoms with E-state index in [-0.39, 0.29) is 24.2 Å². The maximum absolute atomic E-state index is 12.8. The molecule has 1 fully saturated rings. The Bertz CT molecular complexity index is 971.